The lowest BCUT2D eigenvalue weighted by atomic mass is 9.99. The molecule has 2 aromatic rings. The monoisotopic (exact) mass is 534 g/mol. The second-order valence-corrected chi connectivity index (χ2v) is 7.81. The van der Waals surface area contributed by atoms with Crippen LogP contribution >= 0.6 is 24.0 Å². The number of hydrogen-bond donors (Lipinski definition) is 2. The molecule has 2 aliphatic rings. The number of nitrogens with one attached hydrogen (secondary N) is 2. The number of carbonyl (C=O) groups is 1. The minimum Gasteiger partial charge on any atom is -0.493 e. The van der Waals surface area contributed by atoms with E-state index in [1.165, 1.54) is 11.1 Å². The van der Waals surface area contributed by atoms with E-state index in [0.717, 1.165) is 49.6 Å². The van der Waals surface area contributed by atoms with Crippen molar-refractivity contribution in [2.24, 2.45) is 4.99 Å². The molecule has 6 nitrogen and oxygen atoms in total. The number of rotatable bonds is 5. The average Bonchev–Trinajstić information content (AvgIpc) is 2.80. The maximum atomic E-state index is 12.6. The van der Waals surface area contributed by atoms with Crippen LogP contribution in [0.3, 0.4) is 0 Å². The Bertz CT molecular complexity index is 918. The van der Waals surface area contributed by atoms with Crippen LogP contribution in [0.5, 0.6) is 5.75 Å². The lowest BCUT2D eigenvalue weighted by Crippen LogP contribution is -2.41. The summed E-state index contributed by atoms with van der Waals surface area (Å²) in [6.45, 7) is 2.95. The fourth-order valence-corrected chi connectivity index (χ4v) is 4.16. The summed E-state index contributed by atoms with van der Waals surface area (Å²) >= 11 is 0. The van der Waals surface area contributed by atoms with Gasteiger partial charge >= 0.3 is 0 Å². The maximum absolute atomic E-state index is 12.6. The molecule has 0 aromatic heterocycles. The van der Waals surface area contributed by atoms with Gasteiger partial charge in [0.25, 0.3) is 0 Å². The quantitative estimate of drug-likeness (QED) is 0.266. The van der Waals surface area contributed by atoms with E-state index in [0.29, 0.717) is 19.6 Å². The van der Waals surface area contributed by atoms with Crippen molar-refractivity contribution in [1.29, 1.82) is 0 Å². The summed E-state index contributed by atoms with van der Waals surface area (Å²) in [5, 5.41) is 6.84. The Morgan fingerprint density at radius 1 is 1.16 bits per heavy atom. The first-order valence-electron chi connectivity index (χ1n) is 10.8. The fourth-order valence-electron chi connectivity index (χ4n) is 4.16. The van der Waals surface area contributed by atoms with Gasteiger partial charge < -0.3 is 20.3 Å². The van der Waals surface area contributed by atoms with Crippen LogP contribution in [0.25, 0.3) is 0 Å². The summed E-state index contributed by atoms with van der Waals surface area (Å²) in [4.78, 5) is 18.9. The molecule has 0 bridgehead atoms. The van der Waals surface area contributed by atoms with Crippen molar-refractivity contribution < 1.29 is 9.53 Å². The van der Waals surface area contributed by atoms with Gasteiger partial charge in [-0.05, 0) is 30.0 Å². The van der Waals surface area contributed by atoms with Crippen LogP contribution in [-0.4, -0.2) is 43.5 Å². The molecule has 0 saturated carbocycles. The van der Waals surface area contributed by atoms with Crippen LogP contribution in [-0.2, 0) is 17.8 Å². The molecule has 2 aromatic carbocycles. The van der Waals surface area contributed by atoms with E-state index in [-0.39, 0.29) is 35.9 Å². The molecule has 1 amide bonds. The number of amides is 1. The Kier molecular flexibility index (Phi) is 8.57. The van der Waals surface area contributed by atoms with Crippen molar-refractivity contribution in [1.82, 2.24) is 15.5 Å². The van der Waals surface area contributed by atoms with Crippen LogP contribution in [0.2, 0.25) is 0 Å². The largest absolute Gasteiger partial charge is 0.493 e. The maximum Gasteiger partial charge on any atom is 0.222 e. The average molecular weight is 534 g/mol. The van der Waals surface area contributed by atoms with E-state index in [1.807, 2.05) is 29.2 Å². The normalized spacial score (nSPS) is 17.5. The highest BCUT2D eigenvalue weighted by molar-refractivity contribution is 14.0. The van der Waals surface area contributed by atoms with Crippen LogP contribution in [0, 0.1) is 0 Å². The Morgan fingerprint density at radius 2 is 1.94 bits per heavy atom. The highest BCUT2D eigenvalue weighted by Gasteiger charge is 2.22. The third kappa shape index (κ3) is 5.90. The zero-order chi connectivity index (χ0) is 20.8. The number of halogens is 1. The van der Waals surface area contributed by atoms with Crippen molar-refractivity contribution >= 4 is 35.8 Å². The molecule has 7 heteroatoms. The minimum absolute atomic E-state index is 0. The van der Waals surface area contributed by atoms with E-state index in [4.69, 9.17) is 4.74 Å². The van der Waals surface area contributed by atoms with E-state index < -0.39 is 0 Å². The Balaban J connectivity index is 0.00000272. The second-order valence-electron chi connectivity index (χ2n) is 7.81. The number of guanidine groups is 1. The molecule has 1 atom stereocenters. The van der Waals surface area contributed by atoms with Crippen molar-refractivity contribution in [3.8, 4) is 5.75 Å². The number of carbonyl (C=O) groups excluding carboxylic acids is 1. The summed E-state index contributed by atoms with van der Waals surface area (Å²) in [5.41, 5.74) is 3.80. The minimum atomic E-state index is 0. The summed E-state index contributed by atoms with van der Waals surface area (Å²) in [5.74, 6) is 1.93. The second kappa shape index (κ2) is 11.4. The van der Waals surface area contributed by atoms with Crippen LogP contribution in [0.1, 0.15) is 42.0 Å². The summed E-state index contributed by atoms with van der Waals surface area (Å²) in [6.07, 6.45) is 3.17. The zero-order valence-corrected chi connectivity index (χ0v) is 20.3. The van der Waals surface area contributed by atoms with Crippen molar-refractivity contribution in [2.75, 3.05) is 26.7 Å². The Hall–Kier alpha value is -2.29. The van der Waals surface area contributed by atoms with Gasteiger partial charge in [-0.3, -0.25) is 9.79 Å². The summed E-state index contributed by atoms with van der Waals surface area (Å²) in [6, 6.07) is 16.7. The van der Waals surface area contributed by atoms with Gasteiger partial charge in [0.1, 0.15) is 5.75 Å². The number of para-hydroxylation sites is 1. The van der Waals surface area contributed by atoms with Crippen molar-refractivity contribution in [2.45, 2.75) is 38.3 Å². The third-order valence-corrected chi connectivity index (χ3v) is 5.84. The summed E-state index contributed by atoms with van der Waals surface area (Å²) in [7, 11) is 1.77. The molecule has 0 aliphatic carbocycles. The molecule has 0 saturated heterocycles. The molecule has 4 rings (SSSR count). The first-order chi connectivity index (χ1) is 14.7. The standard InChI is InChI=1S/C24H30N4O2.HI/c1-25-24(27-21-13-16-30-22-10-5-4-9-20(21)22)26-14-6-11-23(29)28-15-12-18-7-2-3-8-19(18)17-28;/h2-5,7-10,21H,6,11-17H2,1H3,(H2,25,26,27);1H. The number of nitrogens with zero attached hydrogens (tertiary/aromatic N) is 2. The molecule has 2 heterocycles. The molecule has 2 N–H and O–H groups in total. The Morgan fingerprint density at radius 3 is 2.77 bits per heavy atom. The van der Waals surface area contributed by atoms with E-state index >= 15 is 0 Å². The lowest BCUT2D eigenvalue weighted by molar-refractivity contribution is -0.132. The number of aliphatic imine (C=N–C) groups is 1. The van der Waals surface area contributed by atoms with Gasteiger partial charge in [0, 0.05) is 45.1 Å². The molecule has 0 radical (unpaired) electrons. The molecule has 2 aliphatic heterocycles. The summed E-state index contributed by atoms with van der Waals surface area (Å²) < 4.78 is 5.73. The predicted octanol–water partition coefficient (Wildman–Crippen LogP) is 3.66. The third-order valence-electron chi connectivity index (χ3n) is 5.84. The lowest BCUT2D eigenvalue weighted by Gasteiger charge is -2.29. The van der Waals surface area contributed by atoms with Gasteiger partial charge in [0.15, 0.2) is 5.96 Å². The molecular formula is C24H31IN4O2. The van der Waals surface area contributed by atoms with E-state index in [2.05, 4.69) is 39.9 Å². The topological polar surface area (TPSA) is 66.0 Å². The van der Waals surface area contributed by atoms with Crippen LogP contribution < -0.4 is 15.4 Å². The molecule has 1 unspecified atom stereocenters. The van der Waals surface area contributed by atoms with E-state index in [1.54, 1.807) is 7.05 Å². The first-order valence-corrected chi connectivity index (χ1v) is 10.8. The predicted molar refractivity (Wildman–Crippen MR) is 134 cm³/mol. The van der Waals surface area contributed by atoms with Gasteiger partial charge in [-0.25, -0.2) is 0 Å². The van der Waals surface area contributed by atoms with Crippen molar-refractivity contribution in [3.63, 3.8) is 0 Å². The molecule has 31 heavy (non-hydrogen) atoms. The molecule has 0 fully saturated rings. The molecule has 0 spiro atoms. The number of hydrogen-bond acceptors (Lipinski definition) is 3. The number of fused-ring (bicyclic) bond motifs is 2. The van der Waals surface area contributed by atoms with E-state index in [9.17, 15) is 4.79 Å². The fraction of sp³-hybridized carbons (Fsp3) is 0.417. The van der Waals surface area contributed by atoms with Crippen molar-refractivity contribution in [3.05, 3.63) is 65.2 Å². The zero-order valence-electron chi connectivity index (χ0n) is 18.0. The van der Waals surface area contributed by atoms with Gasteiger partial charge in [0.05, 0.1) is 12.6 Å². The van der Waals surface area contributed by atoms with Crippen LogP contribution in [0.15, 0.2) is 53.5 Å². The van der Waals surface area contributed by atoms with Crippen LogP contribution in [0.4, 0.5) is 0 Å². The first kappa shape index (κ1) is 23.4. The Labute approximate surface area is 201 Å². The molecule has 166 valence electrons. The van der Waals surface area contributed by atoms with Gasteiger partial charge in [-0.15, -0.1) is 24.0 Å². The molecular weight excluding hydrogens is 503 g/mol. The van der Waals surface area contributed by atoms with Gasteiger partial charge in [0.2, 0.25) is 5.91 Å². The highest BCUT2D eigenvalue weighted by atomic mass is 127. The van der Waals surface area contributed by atoms with Gasteiger partial charge in [-0.2, -0.15) is 0 Å². The number of ether oxygens (including phenoxy) is 1. The number of benzene rings is 2. The van der Waals surface area contributed by atoms with Gasteiger partial charge in [-0.1, -0.05) is 42.5 Å². The SMILES string of the molecule is CN=C(NCCCC(=O)N1CCc2ccccc2C1)NC1CCOc2ccccc21.I. The smallest absolute Gasteiger partial charge is 0.222 e. The highest BCUT2D eigenvalue weighted by Crippen LogP contribution is 2.31.